The largest absolute Gasteiger partial charge is 0.275 e. The van der Waals surface area contributed by atoms with Crippen molar-refractivity contribution in [1.82, 2.24) is 19.5 Å². The minimum atomic E-state index is -3.60. The Labute approximate surface area is 126 Å². The molecule has 0 aromatic carbocycles. The van der Waals surface area contributed by atoms with Crippen molar-refractivity contribution in [3.05, 3.63) is 27.6 Å². The molecule has 0 radical (unpaired) electrons. The Morgan fingerprint density at radius 2 is 2.20 bits per heavy atom. The van der Waals surface area contributed by atoms with Gasteiger partial charge in [-0.3, -0.25) is 4.68 Å². The van der Waals surface area contributed by atoms with Gasteiger partial charge in [0, 0.05) is 25.4 Å². The van der Waals surface area contributed by atoms with Gasteiger partial charge in [0.05, 0.1) is 11.4 Å². The summed E-state index contributed by atoms with van der Waals surface area (Å²) >= 11 is 6.70. The fourth-order valence-corrected chi connectivity index (χ4v) is 4.66. The number of thiazole rings is 1. The molecule has 2 aromatic rings. The first kappa shape index (κ1) is 15.4. The van der Waals surface area contributed by atoms with Gasteiger partial charge >= 0.3 is 0 Å². The van der Waals surface area contributed by atoms with Gasteiger partial charge in [0.25, 0.3) is 10.0 Å². The van der Waals surface area contributed by atoms with Crippen molar-refractivity contribution < 1.29 is 8.42 Å². The van der Waals surface area contributed by atoms with E-state index >= 15 is 0 Å². The first-order chi connectivity index (χ1) is 9.33. The van der Waals surface area contributed by atoms with E-state index in [4.69, 9.17) is 11.6 Å². The normalized spacial score (nSPS) is 12.0. The fourth-order valence-electron chi connectivity index (χ4n) is 1.87. The second kappa shape index (κ2) is 5.80. The number of rotatable bonds is 5. The summed E-state index contributed by atoms with van der Waals surface area (Å²) in [4.78, 5) is 3.92. The third-order valence-electron chi connectivity index (χ3n) is 2.75. The number of hydrogen-bond donors (Lipinski definition) is 1. The summed E-state index contributed by atoms with van der Waals surface area (Å²) in [5, 5.41) is 4.28. The number of aryl methyl sites for hydroxylation is 3. The first-order valence-corrected chi connectivity index (χ1v) is 8.65. The Balaban J connectivity index is 2.19. The van der Waals surface area contributed by atoms with Crippen molar-refractivity contribution in [2.75, 3.05) is 0 Å². The highest BCUT2D eigenvalue weighted by molar-refractivity contribution is 7.91. The van der Waals surface area contributed by atoms with E-state index < -0.39 is 10.0 Å². The van der Waals surface area contributed by atoms with Crippen LogP contribution in [0, 0.1) is 6.92 Å². The van der Waals surface area contributed by atoms with E-state index in [1.54, 1.807) is 11.6 Å². The average Bonchev–Trinajstić information content (AvgIpc) is 2.89. The van der Waals surface area contributed by atoms with Crippen molar-refractivity contribution in [3.8, 4) is 0 Å². The minimum Gasteiger partial charge on any atom is -0.275 e. The van der Waals surface area contributed by atoms with Crippen LogP contribution in [0.15, 0.2) is 10.4 Å². The zero-order valence-corrected chi connectivity index (χ0v) is 13.7. The van der Waals surface area contributed by atoms with Crippen LogP contribution < -0.4 is 4.72 Å². The zero-order chi connectivity index (χ0) is 14.9. The Kier molecular flexibility index (Phi) is 4.48. The van der Waals surface area contributed by atoms with Crippen LogP contribution in [0.1, 0.15) is 23.9 Å². The lowest BCUT2D eigenvalue weighted by molar-refractivity contribution is 0.582. The molecule has 0 atom stereocenters. The van der Waals surface area contributed by atoms with Crippen molar-refractivity contribution in [3.63, 3.8) is 0 Å². The number of halogens is 1. The molecule has 20 heavy (non-hydrogen) atoms. The molecule has 2 aromatic heterocycles. The molecule has 0 aliphatic heterocycles. The maximum Gasteiger partial charge on any atom is 0.252 e. The molecule has 0 spiro atoms. The number of aromatic nitrogens is 3. The van der Waals surface area contributed by atoms with Crippen LogP contribution in [-0.4, -0.2) is 23.2 Å². The van der Waals surface area contributed by atoms with Gasteiger partial charge in [-0.25, -0.2) is 18.1 Å². The van der Waals surface area contributed by atoms with Gasteiger partial charge in [-0.15, -0.1) is 0 Å². The Morgan fingerprint density at radius 3 is 2.75 bits per heavy atom. The Hall–Kier alpha value is -0.960. The van der Waals surface area contributed by atoms with Gasteiger partial charge in [0.15, 0.2) is 8.68 Å². The van der Waals surface area contributed by atoms with E-state index in [1.807, 2.05) is 20.2 Å². The summed E-state index contributed by atoms with van der Waals surface area (Å²) in [6, 6.07) is 0. The summed E-state index contributed by atoms with van der Waals surface area (Å²) in [7, 11) is -1.79. The lowest BCUT2D eigenvalue weighted by Crippen LogP contribution is -2.23. The predicted molar refractivity (Wildman–Crippen MR) is 78.5 cm³/mol. The minimum absolute atomic E-state index is 0.157. The number of nitrogens with zero attached hydrogens (tertiary/aromatic N) is 3. The van der Waals surface area contributed by atoms with Crippen LogP contribution in [0.5, 0.6) is 0 Å². The predicted octanol–water partition coefficient (Wildman–Crippen LogP) is 1.88. The number of nitrogens with one attached hydrogen (secondary N) is 1. The van der Waals surface area contributed by atoms with Crippen LogP contribution in [0.4, 0.5) is 0 Å². The molecule has 0 unspecified atom stereocenters. The summed E-state index contributed by atoms with van der Waals surface area (Å²) < 4.78 is 29.1. The standard InChI is InChI=1S/C11H15ClN4O2S2/c1-4-9-8(6-16(3)15-9)5-13-20(17,18)10-7(2)14-11(12)19-10/h6,13H,4-5H2,1-3H3. The van der Waals surface area contributed by atoms with E-state index in [9.17, 15) is 8.42 Å². The molecule has 2 rings (SSSR count). The van der Waals surface area contributed by atoms with Crippen molar-refractivity contribution in [1.29, 1.82) is 0 Å². The molecule has 110 valence electrons. The molecule has 6 nitrogen and oxygen atoms in total. The molecule has 0 fully saturated rings. The maximum atomic E-state index is 12.2. The van der Waals surface area contributed by atoms with Gasteiger partial charge in [-0.05, 0) is 13.3 Å². The van der Waals surface area contributed by atoms with Crippen LogP contribution in [0.25, 0.3) is 0 Å². The number of hydrogen-bond acceptors (Lipinski definition) is 5. The van der Waals surface area contributed by atoms with Gasteiger partial charge in [-0.1, -0.05) is 29.9 Å². The molecule has 0 aliphatic carbocycles. The first-order valence-electron chi connectivity index (χ1n) is 5.97. The molecule has 0 saturated carbocycles. The van der Waals surface area contributed by atoms with Crippen molar-refractivity contribution in [2.45, 2.75) is 31.0 Å². The van der Waals surface area contributed by atoms with E-state index in [0.29, 0.717) is 5.69 Å². The molecule has 9 heteroatoms. The molecular weight excluding hydrogens is 320 g/mol. The summed E-state index contributed by atoms with van der Waals surface area (Å²) in [5.74, 6) is 0. The van der Waals surface area contributed by atoms with Crippen LogP contribution in [0.3, 0.4) is 0 Å². The summed E-state index contributed by atoms with van der Waals surface area (Å²) in [5.41, 5.74) is 2.16. The molecule has 1 N–H and O–H groups in total. The quantitative estimate of drug-likeness (QED) is 0.905. The van der Waals surface area contributed by atoms with E-state index in [1.165, 1.54) is 0 Å². The Bertz CT molecular complexity index is 721. The molecule has 0 amide bonds. The second-order valence-electron chi connectivity index (χ2n) is 4.29. The summed E-state index contributed by atoms with van der Waals surface area (Å²) in [6.45, 7) is 3.81. The van der Waals surface area contributed by atoms with Crippen molar-refractivity contribution >= 4 is 33.0 Å². The highest BCUT2D eigenvalue weighted by atomic mass is 35.5. The third kappa shape index (κ3) is 3.20. The Morgan fingerprint density at radius 1 is 1.50 bits per heavy atom. The SMILES string of the molecule is CCc1nn(C)cc1CNS(=O)(=O)c1sc(Cl)nc1C. The molecular formula is C11H15ClN4O2S2. The monoisotopic (exact) mass is 334 g/mol. The van der Waals surface area contributed by atoms with E-state index in [2.05, 4.69) is 14.8 Å². The van der Waals surface area contributed by atoms with E-state index in [0.717, 1.165) is 29.0 Å². The third-order valence-corrected chi connectivity index (χ3v) is 6.02. The fraction of sp³-hybridized carbons (Fsp3) is 0.455. The average molecular weight is 335 g/mol. The highest BCUT2D eigenvalue weighted by Crippen LogP contribution is 2.26. The van der Waals surface area contributed by atoms with Gasteiger partial charge < -0.3 is 0 Å². The molecule has 0 aliphatic rings. The zero-order valence-electron chi connectivity index (χ0n) is 11.3. The van der Waals surface area contributed by atoms with Gasteiger partial charge in [-0.2, -0.15) is 5.10 Å². The smallest absolute Gasteiger partial charge is 0.252 e. The van der Waals surface area contributed by atoms with Crippen LogP contribution in [0.2, 0.25) is 4.47 Å². The highest BCUT2D eigenvalue weighted by Gasteiger charge is 2.21. The summed E-state index contributed by atoms with van der Waals surface area (Å²) in [6.07, 6.45) is 2.57. The van der Waals surface area contributed by atoms with Crippen LogP contribution in [-0.2, 0) is 30.0 Å². The molecule has 0 saturated heterocycles. The second-order valence-corrected chi connectivity index (χ2v) is 7.84. The van der Waals surface area contributed by atoms with Crippen LogP contribution >= 0.6 is 22.9 Å². The lowest BCUT2D eigenvalue weighted by atomic mass is 10.2. The lowest BCUT2D eigenvalue weighted by Gasteiger charge is -2.04. The number of sulfonamides is 1. The van der Waals surface area contributed by atoms with Gasteiger partial charge in [0.2, 0.25) is 0 Å². The van der Waals surface area contributed by atoms with Crippen molar-refractivity contribution in [2.24, 2.45) is 7.05 Å². The van der Waals surface area contributed by atoms with Gasteiger partial charge in [0.1, 0.15) is 0 Å². The maximum absolute atomic E-state index is 12.2. The molecule has 0 bridgehead atoms. The molecule has 2 heterocycles. The topological polar surface area (TPSA) is 76.9 Å². The van der Waals surface area contributed by atoms with E-state index in [-0.39, 0.29) is 15.2 Å².